The van der Waals surface area contributed by atoms with E-state index in [1.165, 1.54) is 0 Å². The maximum absolute atomic E-state index is 8.62. The van der Waals surface area contributed by atoms with Gasteiger partial charge in [-0.2, -0.15) is 0 Å². The van der Waals surface area contributed by atoms with Gasteiger partial charge in [-0.25, -0.2) is 0 Å². The minimum atomic E-state index is -0.0125. The van der Waals surface area contributed by atoms with Crippen LogP contribution in [-0.2, 0) is 9.47 Å². The summed E-state index contributed by atoms with van der Waals surface area (Å²) in [7, 11) is 1.57. The first kappa shape index (κ1) is 12.8. The van der Waals surface area contributed by atoms with E-state index in [1.54, 1.807) is 19.3 Å². The van der Waals surface area contributed by atoms with E-state index in [9.17, 15) is 0 Å². The minimum Gasteiger partial charge on any atom is -0.493 e. The van der Waals surface area contributed by atoms with Crippen LogP contribution in [0.25, 0.3) is 0 Å². The third-order valence-electron chi connectivity index (χ3n) is 1.45. The fourth-order valence-electron chi connectivity index (χ4n) is 0.907. The second-order valence-electron chi connectivity index (χ2n) is 2.78. The van der Waals surface area contributed by atoms with Crippen LogP contribution in [0.3, 0.4) is 0 Å². The van der Waals surface area contributed by atoms with Crippen molar-refractivity contribution in [3.05, 3.63) is 35.8 Å². The molecule has 0 rings (SSSR count). The van der Waals surface area contributed by atoms with Crippen molar-refractivity contribution in [1.82, 2.24) is 0 Å². The Morgan fingerprint density at radius 3 is 2.43 bits per heavy atom. The summed E-state index contributed by atoms with van der Waals surface area (Å²) in [4.78, 5) is 0. The Morgan fingerprint density at radius 1 is 1.43 bits per heavy atom. The molecule has 0 radical (unpaired) electrons. The molecule has 0 heterocycles. The number of hydrogen-bond donors (Lipinski definition) is 1. The molecule has 0 aliphatic rings. The molecule has 80 valence electrons. The Balaban J connectivity index is 4.55. The number of ether oxygens (including phenoxy) is 2. The largest absolute Gasteiger partial charge is 0.493 e. The van der Waals surface area contributed by atoms with Gasteiger partial charge in [0.1, 0.15) is 6.61 Å². The molecular weight excluding hydrogens is 180 g/mol. The summed E-state index contributed by atoms with van der Waals surface area (Å²) in [6.07, 6.45) is 3.57. The highest BCUT2D eigenvalue weighted by atomic mass is 16.5. The fourth-order valence-corrected chi connectivity index (χ4v) is 0.907. The molecule has 0 fully saturated rings. The molecule has 0 atom stereocenters. The van der Waals surface area contributed by atoms with Crippen molar-refractivity contribution in [3.8, 4) is 0 Å². The third kappa shape index (κ3) is 4.72. The van der Waals surface area contributed by atoms with Crippen LogP contribution in [-0.4, -0.2) is 25.4 Å². The number of aliphatic hydroxyl groups excluding tert-OH is 1. The molecule has 0 spiro atoms. The molecule has 0 amide bonds. The van der Waals surface area contributed by atoms with Crippen molar-refractivity contribution in [1.29, 1.82) is 0 Å². The van der Waals surface area contributed by atoms with Crippen LogP contribution >= 0.6 is 0 Å². The van der Waals surface area contributed by atoms with Crippen molar-refractivity contribution < 1.29 is 14.6 Å². The lowest BCUT2D eigenvalue weighted by Crippen LogP contribution is -2.03. The number of hydrogen-bond acceptors (Lipinski definition) is 3. The summed E-state index contributed by atoms with van der Waals surface area (Å²) in [5.41, 5.74) is 0.883. The molecule has 0 saturated heterocycles. The highest BCUT2D eigenvalue weighted by molar-refractivity contribution is 5.27. The average Bonchev–Trinajstić information content (AvgIpc) is 2.16. The molecular formula is C11H18O3. The monoisotopic (exact) mass is 198 g/mol. The predicted octanol–water partition coefficient (Wildman–Crippen LogP) is 2.01. The van der Waals surface area contributed by atoms with Crippen molar-refractivity contribution in [2.75, 3.05) is 20.3 Å². The predicted molar refractivity (Wildman–Crippen MR) is 56.7 cm³/mol. The number of aliphatic hydroxyl groups is 1. The Kier molecular flexibility index (Phi) is 6.58. The highest BCUT2D eigenvalue weighted by Crippen LogP contribution is 2.14. The highest BCUT2D eigenvalue weighted by Gasteiger charge is 2.04. The van der Waals surface area contributed by atoms with Gasteiger partial charge in [-0.1, -0.05) is 12.2 Å². The van der Waals surface area contributed by atoms with Gasteiger partial charge < -0.3 is 14.6 Å². The molecule has 0 aliphatic carbocycles. The maximum Gasteiger partial charge on any atom is 0.160 e. The summed E-state index contributed by atoms with van der Waals surface area (Å²) in [5.74, 6) is 1.23. The second-order valence-corrected chi connectivity index (χ2v) is 2.78. The molecule has 3 nitrogen and oxygen atoms in total. The lowest BCUT2D eigenvalue weighted by molar-refractivity contribution is 0.130. The normalized spacial score (nSPS) is 12.6. The van der Waals surface area contributed by atoms with Gasteiger partial charge >= 0.3 is 0 Å². The molecule has 0 saturated carbocycles. The van der Waals surface area contributed by atoms with Gasteiger partial charge in [-0.3, -0.25) is 0 Å². The average molecular weight is 198 g/mol. The zero-order valence-corrected chi connectivity index (χ0v) is 9.04. The third-order valence-corrected chi connectivity index (χ3v) is 1.45. The van der Waals surface area contributed by atoms with Gasteiger partial charge in [0, 0.05) is 0 Å². The SMILES string of the molecule is C=C(C)/C=C(OC)\C(=C/C)OCCO. The van der Waals surface area contributed by atoms with Crippen molar-refractivity contribution in [2.24, 2.45) is 0 Å². The quantitative estimate of drug-likeness (QED) is 0.524. The molecule has 0 aromatic rings. The van der Waals surface area contributed by atoms with Gasteiger partial charge in [-0.15, -0.1) is 0 Å². The molecule has 0 aromatic carbocycles. The first-order chi connectivity index (χ1) is 6.65. The van der Waals surface area contributed by atoms with Crippen LogP contribution in [0.2, 0.25) is 0 Å². The van der Waals surface area contributed by atoms with E-state index in [0.29, 0.717) is 11.5 Å². The first-order valence-corrected chi connectivity index (χ1v) is 4.47. The number of rotatable bonds is 6. The Hall–Kier alpha value is -1.22. The fraction of sp³-hybridized carbons (Fsp3) is 0.455. The zero-order valence-electron chi connectivity index (χ0n) is 9.04. The molecule has 0 bridgehead atoms. The van der Waals surface area contributed by atoms with Gasteiger partial charge in [-0.05, 0) is 26.0 Å². The summed E-state index contributed by atoms with van der Waals surface area (Å²) in [6.45, 7) is 7.72. The minimum absolute atomic E-state index is 0.0125. The summed E-state index contributed by atoms with van der Waals surface area (Å²) in [6, 6.07) is 0. The van der Waals surface area contributed by atoms with Crippen LogP contribution in [0.4, 0.5) is 0 Å². The molecule has 1 N–H and O–H groups in total. The Bertz CT molecular complexity index is 239. The van der Waals surface area contributed by atoms with Crippen molar-refractivity contribution >= 4 is 0 Å². The van der Waals surface area contributed by atoms with E-state index in [4.69, 9.17) is 14.6 Å². The van der Waals surface area contributed by atoms with Crippen LogP contribution in [0.5, 0.6) is 0 Å². The van der Waals surface area contributed by atoms with E-state index >= 15 is 0 Å². The summed E-state index contributed by atoms with van der Waals surface area (Å²) in [5, 5.41) is 8.62. The van der Waals surface area contributed by atoms with E-state index in [0.717, 1.165) is 5.57 Å². The topological polar surface area (TPSA) is 38.7 Å². The van der Waals surface area contributed by atoms with E-state index in [1.807, 2.05) is 13.8 Å². The lowest BCUT2D eigenvalue weighted by atomic mass is 10.2. The van der Waals surface area contributed by atoms with Gasteiger partial charge in [0.2, 0.25) is 0 Å². The molecule has 3 heteroatoms. The lowest BCUT2D eigenvalue weighted by Gasteiger charge is -2.11. The standard InChI is InChI=1S/C11H18O3/c1-5-10(14-7-6-12)11(13-4)8-9(2)3/h5,8,12H,2,6-7H2,1,3-4H3/b10-5+,11-8+. The zero-order chi connectivity index (χ0) is 11.0. The van der Waals surface area contributed by atoms with E-state index in [2.05, 4.69) is 6.58 Å². The van der Waals surface area contributed by atoms with Crippen molar-refractivity contribution in [3.63, 3.8) is 0 Å². The maximum atomic E-state index is 8.62. The Morgan fingerprint density at radius 2 is 2.07 bits per heavy atom. The van der Waals surface area contributed by atoms with Crippen LogP contribution < -0.4 is 0 Å². The first-order valence-electron chi connectivity index (χ1n) is 4.47. The van der Waals surface area contributed by atoms with Gasteiger partial charge in [0.15, 0.2) is 11.5 Å². The smallest absolute Gasteiger partial charge is 0.160 e. The molecule has 0 aromatic heterocycles. The molecule has 0 aliphatic heterocycles. The van der Waals surface area contributed by atoms with Crippen LogP contribution in [0.1, 0.15) is 13.8 Å². The van der Waals surface area contributed by atoms with Crippen LogP contribution in [0, 0.1) is 0 Å². The molecule has 14 heavy (non-hydrogen) atoms. The van der Waals surface area contributed by atoms with E-state index in [-0.39, 0.29) is 13.2 Å². The number of methoxy groups -OCH3 is 1. The second kappa shape index (κ2) is 7.21. The summed E-state index contributed by atoms with van der Waals surface area (Å²) < 4.78 is 10.4. The van der Waals surface area contributed by atoms with Gasteiger partial charge in [0.25, 0.3) is 0 Å². The molecule has 0 unspecified atom stereocenters. The number of allylic oxidation sites excluding steroid dienone is 3. The van der Waals surface area contributed by atoms with Gasteiger partial charge in [0.05, 0.1) is 13.7 Å². The Labute approximate surface area is 85.3 Å². The van der Waals surface area contributed by atoms with Crippen LogP contribution in [0.15, 0.2) is 35.8 Å². The summed E-state index contributed by atoms with van der Waals surface area (Å²) >= 11 is 0. The van der Waals surface area contributed by atoms with Crippen molar-refractivity contribution in [2.45, 2.75) is 13.8 Å². The van der Waals surface area contributed by atoms with E-state index < -0.39 is 0 Å².